The average Bonchev–Trinajstić information content (AvgIpc) is 2.42. The fourth-order valence-corrected chi connectivity index (χ4v) is 2.01. The van der Waals surface area contributed by atoms with Gasteiger partial charge in [0.25, 0.3) is 0 Å². The highest BCUT2D eigenvalue weighted by molar-refractivity contribution is 6.30. The number of ether oxygens (including phenoxy) is 1. The van der Waals surface area contributed by atoms with Crippen molar-refractivity contribution in [2.75, 3.05) is 7.11 Å². The quantitative estimate of drug-likeness (QED) is 0.924. The molecule has 2 aromatic carbocycles. The molecule has 1 unspecified atom stereocenters. The summed E-state index contributed by atoms with van der Waals surface area (Å²) in [6, 6.07) is 11.7. The van der Waals surface area contributed by atoms with Gasteiger partial charge in [0, 0.05) is 11.4 Å². The molecule has 2 nitrogen and oxygen atoms in total. The van der Waals surface area contributed by atoms with Gasteiger partial charge in [0.1, 0.15) is 0 Å². The first kappa shape index (κ1) is 13.8. The molecule has 0 amide bonds. The third-order valence-corrected chi connectivity index (χ3v) is 3.18. The van der Waals surface area contributed by atoms with Gasteiger partial charge >= 0.3 is 0 Å². The number of benzene rings is 2. The van der Waals surface area contributed by atoms with Crippen molar-refractivity contribution in [2.24, 2.45) is 0 Å². The fraction of sp³-hybridized carbons (Fsp3) is 0.200. The molecule has 1 N–H and O–H groups in total. The van der Waals surface area contributed by atoms with Gasteiger partial charge in [0.15, 0.2) is 11.6 Å². The van der Waals surface area contributed by atoms with Crippen LogP contribution >= 0.6 is 11.6 Å². The second kappa shape index (κ2) is 6.04. The lowest BCUT2D eigenvalue weighted by Gasteiger charge is -2.13. The van der Waals surface area contributed by atoms with Gasteiger partial charge in [-0.3, -0.25) is 0 Å². The van der Waals surface area contributed by atoms with Crippen LogP contribution in [0.1, 0.15) is 17.2 Å². The Balaban J connectivity index is 2.19. The first-order chi connectivity index (χ1) is 9.11. The molecule has 0 radical (unpaired) electrons. The van der Waals surface area contributed by atoms with E-state index in [0.29, 0.717) is 16.1 Å². The molecule has 4 heteroatoms. The molecule has 19 heavy (non-hydrogen) atoms. The minimum absolute atomic E-state index is 0.181. The summed E-state index contributed by atoms with van der Waals surface area (Å²) in [6.07, 6.45) is -0.594. The minimum atomic E-state index is -0.779. The third kappa shape index (κ3) is 3.25. The summed E-state index contributed by atoms with van der Waals surface area (Å²) in [5, 5.41) is 10.7. The summed E-state index contributed by atoms with van der Waals surface area (Å²) < 4.78 is 18.9. The highest BCUT2D eigenvalue weighted by Gasteiger charge is 2.14. The van der Waals surface area contributed by atoms with E-state index in [1.807, 2.05) is 0 Å². The van der Waals surface area contributed by atoms with E-state index in [1.54, 1.807) is 42.5 Å². The average molecular weight is 281 g/mol. The van der Waals surface area contributed by atoms with Crippen LogP contribution < -0.4 is 4.74 Å². The zero-order chi connectivity index (χ0) is 13.8. The molecule has 0 spiro atoms. The summed E-state index contributed by atoms with van der Waals surface area (Å²) in [7, 11) is 1.41. The van der Waals surface area contributed by atoms with Crippen LogP contribution in [0.15, 0.2) is 42.5 Å². The zero-order valence-corrected chi connectivity index (χ0v) is 11.2. The van der Waals surface area contributed by atoms with Gasteiger partial charge < -0.3 is 9.84 Å². The molecular formula is C15H14ClFO2. The number of halogens is 2. The molecule has 2 rings (SSSR count). The molecule has 0 aliphatic heterocycles. The van der Waals surface area contributed by atoms with E-state index in [4.69, 9.17) is 16.3 Å². The Morgan fingerprint density at radius 2 is 1.89 bits per heavy atom. The smallest absolute Gasteiger partial charge is 0.168 e. The Kier molecular flexibility index (Phi) is 4.40. The van der Waals surface area contributed by atoms with E-state index in [1.165, 1.54) is 7.11 Å². The lowest BCUT2D eigenvalue weighted by atomic mass is 10.0. The number of aliphatic hydroxyl groups excluding tert-OH is 1. The SMILES string of the molecule is COc1cccc(CC(O)c2ccc(Cl)cc2)c1F. The molecule has 1 atom stereocenters. The first-order valence-electron chi connectivity index (χ1n) is 5.86. The van der Waals surface area contributed by atoms with Crippen molar-refractivity contribution < 1.29 is 14.2 Å². The number of aliphatic hydroxyl groups is 1. The van der Waals surface area contributed by atoms with Crippen molar-refractivity contribution in [3.05, 3.63) is 64.4 Å². The summed E-state index contributed by atoms with van der Waals surface area (Å²) in [5.74, 6) is -0.251. The van der Waals surface area contributed by atoms with Gasteiger partial charge in [-0.1, -0.05) is 35.9 Å². The maximum absolute atomic E-state index is 14.0. The Hall–Kier alpha value is -1.58. The predicted molar refractivity (Wildman–Crippen MR) is 73.1 cm³/mol. The molecule has 100 valence electrons. The molecule has 0 fully saturated rings. The van der Waals surface area contributed by atoms with Gasteiger partial charge in [-0.15, -0.1) is 0 Å². The molecule has 0 aliphatic rings. The largest absolute Gasteiger partial charge is 0.494 e. The van der Waals surface area contributed by atoms with E-state index in [-0.39, 0.29) is 12.2 Å². The molecule has 0 heterocycles. The highest BCUT2D eigenvalue weighted by Crippen LogP contribution is 2.25. The van der Waals surface area contributed by atoms with Crippen LogP contribution in [0.5, 0.6) is 5.75 Å². The molecule has 0 aromatic heterocycles. The standard InChI is InChI=1S/C15H14ClFO2/c1-19-14-4-2-3-11(15(14)17)9-13(18)10-5-7-12(16)8-6-10/h2-8,13,18H,9H2,1H3. The van der Waals surface area contributed by atoms with Gasteiger partial charge in [-0.05, 0) is 29.3 Å². The molecule has 2 aromatic rings. The lowest BCUT2D eigenvalue weighted by molar-refractivity contribution is 0.177. The van der Waals surface area contributed by atoms with E-state index in [0.717, 1.165) is 0 Å². The van der Waals surface area contributed by atoms with E-state index in [9.17, 15) is 9.50 Å². The van der Waals surface area contributed by atoms with Crippen LogP contribution in [0.4, 0.5) is 4.39 Å². The van der Waals surface area contributed by atoms with Crippen molar-refractivity contribution in [1.29, 1.82) is 0 Å². The topological polar surface area (TPSA) is 29.5 Å². The van der Waals surface area contributed by atoms with E-state index in [2.05, 4.69) is 0 Å². The number of hydrogen-bond acceptors (Lipinski definition) is 2. The Labute approximate surface area is 116 Å². The summed E-state index contributed by atoms with van der Waals surface area (Å²) in [6.45, 7) is 0. The van der Waals surface area contributed by atoms with Crippen molar-refractivity contribution >= 4 is 11.6 Å². The van der Waals surface area contributed by atoms with Crippen LogP contribution in [0.2, 0.25) is 5.02 Å². The van der Waals surface area contributed by atoms with Gasteiger partial charge in [0.2, 0.25) is 0 Å². The van der Waals surface area contributed by atoms with Gasteiger partial charge in [-0.25, -0.2) is 4.39 Å². The Morgan fingerprint density at radius 1 is 1.21 bits per heavy atom. The highest BCUT2D eigenvalue weighted by atomic mass is 35.5. The Bertz CT molecular complexity index is 555. The van der Waals surface area contributed by atoms with E-state index < -0.39 is 11.9 Å². The van der Waals surface area contributed by atoms with Crippen LogP contribution in [0.25, 0.3) is 0 Å². The maximum Gasteiger partial charge on any atom is 0.168 e. The fourth-order valence-electron chi connectivity index (χ4n) is 1.88. The monoisotopic (exact) mass is 280 g/mol. The summed E-state index contributed by atoms with van der Waals surface area (Å²) in [5.41, 5.74) is 1.12. The van der Waals surface area contributed by atoms with Crippen molar-refractivity contribution in [3.8, 4) is 5.75 Å². The van der Waals surface area contributed by atoms with Crippen LogP contribution in [-0.4, -0.2) is 12.2 Å². The van der Waals surface area contributed by atoms with Crippen LogP contribution in [0.3, 0.4) is 0 Å². The molecule has 0 aliphatic carbocycles. The van der Waals surface area contributed by atoms with Crippen LogP contribution in [-0.2, 0) is 6.42 Å². The second-order valence-electron chi connectivity index (χ2n) is 4.20. The molecule has 0 saturated heterocycles. The van der Waals surface area contributed by atoms with Gasteiger partial charge in [0.05, 0.1) is 13.2 Å². The number of hydrogen-bond donors (Lipinski definition) is 1. The lowest BCUT2D eigenvalue weighted by Crippen LogP contribution is -2.04. The first-order valence-corrected chi connectivity index (χ1v) is 6.24. The predicted octanol–water partition coefficient (Wildman–Crippen LogP) is 3.76. The van der Waals surface area contributed by atoms with Gasteiger partial charge in [-0.2, -0.15) is 0 Å². The van der Waals surface area contributed by atoms with Crippen LogP contribution in [0, 0.1) is 5.82 Å². The molecule has 0 saturated carbocycles. The number of methoxy groups -OCH3 is 1. The van der Waals surface area contributed by atoms with E-state index >= 15 is 0 Å². The minimum Gasteiger partial charge on any atom is -0.494 e. The zero-order valence-electron chi connectivity index (χ0n) is 10.4. The van der Waals surface area contributed by atoms with Crippen molar-refractivity contribution in [3.63, 3.8) is 0 Å². The molecular weight excluding hydrogens is 267 g/mol. The van der Waals surface area contributed by atoms with Crippen molar-refractivity contribution in [2.45, 2.75) is 12.5 Å². The number of rotatable bonds is 4. The Morgan fingerprint density at radius 3 is 2.53 bits per heavy atom. The summed E-state index contributed by atoms with van der Waals surface area (Å²) >= 11 is 5.78. The molecule has 0 bridgehead atoms. The summed E-state index contributed by atoms with van der Waals surface area (Å²) in [4.78, 5) is 0. The maximum atomic E-state index is 14.0. The third-order valence-electron chi connectivity index (χ3n) is 2.93. The van der Waals surface area contributed by atoms with Crippen molar-refractivity contribution in [1.82, 2.24) is 0 Å². The normalized spacial score (nSPS) is 12.2. The second-order valence-corrected chi connectivity index (χ2v) is 4.64.